The standard InChI is InChI=1S/C10H20N2O2.ClH/c1-3-9(11)10(13)12(2)7-8-5-4-6-14-8;/h8-9H,3-7,11H2,1-2H3;1H/t8?,9-;/m0./s1. The molecule has 0 aromatic rings. The van der Waals surface area contributed by atoms with Crippen LogP contribution < -0.4 is 5.73 Å². The van der Waals surface area contributed by atoms with E-state index < -0.39 is 0 Å². The minimum Gasteiger partial charge on any atom is -0.376 e. The van der Waals surface area contributed by atoms with E-state index in [9.17, 15) is 4.79 Å². The third-order valence-electron chi connectivity index (χ3n) is 2.63. The summed E-state index contributed by atoms with van der Waals surface area (Å²) >= 11 is 0. The quantitative estimate of drug-likeness (QED) is 0.785. The van der Waals surface area contributed by atoms with Gasteiger partial charge in [0.2, 0.25) is 5.91 Å². The Labute approximate surface area is 97.5 Å². The number of rotatable bonds is 4. The lowest BCUT2D eigenvalue weighted by Crippen LogP contribution is -2.44. The molecular formula is C10H21ClN2O2. The fourth-order valence-electron chi connectivity index (χ4n) is 1.64. The number of nitrogens with zero attached hydrogens (tertiary/aromatic N) is 1. The number of nitrogens with two attached hydrogens (primary N) is 1. The van der Waals surface area contributed by atoms with Gasteiger partial charge in [-0.3, -0.25) is 4.79 Å². The summed E-state index contributed by atoms with van der Waals surface area (Å²) in [6.07, 6.45) is 3.06. The summed E-state index contributed by atoms with van der Waals surface area (Å²) in [4.78, 5) is 13.3. The SMILES string of the molecule is CC[C@H](N)C(=O)N(C)CC1CCCO1.Cl. The molecule has 90 valence electrons. The highest BCUT2D eigenvalue weighted by atomic mass is 35.5. The monoisotopic (exact) mass is 236 g/mol. The Kier molecular flexibility index (Phi) is 6.89. The second-order valence-electron chi connectivity index (χ2n) is 3.87. The van der Waals surface area contributed by atoms with Crippen LogP contribution >= 0.6 is 12.4 Å². The Hall–Kier alpha value is -0.320. The molecule has 0 aromatic carbocycles. The smallest absolute Gasteiger partial charge is 0.239 e. The first kappa shape index (κ1) is 14.7. The maximum Gasteiger partial charge on any atom is 0.239 e. The van der Waals surface area contributed by atoms with Gasteiger partial charge in [-0.2, -0.15) is 0 Å². The minimum atomic E-state index is -0.360. The topological polar surface area (TPSA) is 55.6 Å². The maximum atomic E-state index is 11.6. The van der Waals surface area contributed by atoms with Crippen molar-refractivity contribution >= 4 is 18.3 Å². The average molecular weight is 237 g/mol. The van der Waals surface area contributed by atoms with Crippen LogP contribution in [0.1, 0.15) is 26.2 Å². The summed E-state index contributed by atoms with van der Waals surface area (Å²) in [6.45, 7) is 3.42. The Bertz CT molecular complexity index is 196. The fraction of sp³-hybridized carbons (Fsp3) is 0.900. The van der Waals surface area contributed by atoms with Gasteiger partial charge < -0.3 is 15.4 Å². The van der Waals surface area contributed by atoms with Crippen molar-refractivity contribution in [2.75, 3.05) is 20.2 Å². The predicted molar refractivity (Wildman–Crippen MR) is 62.1 cm³/mol. The van der Waals surface area contributed by atoms with Crippen LogP contribution in [0.4, 0.5) is 0 Å². The van der Waals surface area contributed by atoms with Crippen LogP contribution in [-0.4, -0.2) is 43.2 Å². The van der Waals surface area contributed by atoms with E-state index in [-0.39, 0.29) is 30.5 Å². The van der Waals surface area contributed by atoms with E-state index in [1.54, 1.807) is 11.9 Å². The van der Waals surface area contributed by atoms with Gasteiger partial charge >= 0.3 is 0 Å². The number of carbonyl (C=O) groups excluding carboxylic acids is 1. The Balaban J connectivity index is 0.00000196. The molecule has 0 bridgehead atoms. The van der Waals surface area contributed by atoms with Crippen LogP contribution in [0.15, 0.2) is 0 Å². The summed E-state index contributed by atoms with van der Waals surface area (Å²) in [5.41, 5.74) is 5.66. The van der Waals surface area contributed by atoms with Gasteiger partial charge in [-0.25, -0.2) is 0 Å². The molecule has 0 spiro atoms. The van der Waals surface area contributed by atoms with Crippen LogP contribution in [0.3, 0.4) is 0 Å². The number of ether oxygens (including phenoxy) is 1. The highest BCUT2D eigenvalue weighted by Gasteiger charge is 2.22. The van der Waals surface area contributed by atoms with Gasteiger partial charge in [0.25, 0.3) is 0 Å². The van der Waals surface area contributed by atoms with Crippen LogP contribution in [0.25, 0.3) is 0 Å². The van der Waals surface area contributed by atoms with Crippen molar-refractivity contribution in [3.8, 4) is 0 Å². The predicted octanol–water partition coefficient (Wildman–Crippen LogP) is 0.783. The molecule has 1 saturated heterocycles. The lowest BCUT2D eigenvalue weighted by molar-refractivity contribution is -0.132. The zero-order valence-corrected chi connectivity index (χ0v) is 10.3. The van der Waals surface area contributed by atoms with Crippen molar-refractivity contribution in [2.45, 2.75) is 38.3 Å². The number of carbonyl (C=O) groups is 1. The van der Waals surface area contributed by atoms with Crippen LogP contribution in [0, 0.1) is 0 Å². The third-order valence-corrected chi connectivity index (χ3v) is 2.63. The first-order valence-electron chi connectivity index (χ1n) is 5.27. The molecule has 0 radical (unpaired) electrons. The van der Waals surface area contributed by atoms with Crippen molar-refractivity contribution in [2.24, 2.45) is 5.73 Å². The van der Waals surface area contributed by atoms with Crippen LogP contribution in [0.5, 0.6) is 0 Å². The molecule has 2 atom stereocenters. The van der Waals surface area contributed by atoms with Crippen LogP contribution in [0.2, 0.25) is 0 Å². The lowest BCUT2D eigenvalue weighted by Gasteiger charge is -2.23. The molecule has 2 N–H and O–H groups in total. The number of hydrogen-bond acceptors (Lipinski definition) is 3. The Morgan fingerprint density at radius 1 is 1.67 bits per heavy atom. The molecule has 5 heteroatoms. The molecule has 1 aliphatic rings. The van der Waals surface area contributed by atoms with Gasteiger partial charge in [-0.15, -0.1) is 12.4 Å². The Morgan fingerprint density at radius 3 is 2.80 bits per heavy atom. The van der Waals surface area contributed by atoms with Gasteiger partial charge in [-0.1, -0.05) is 6.92 Å². The molecule has 1 heterocycles. The average Bonchev–Trinajstić information content (AvgIpc) is 2.68. The summed E-state index contributed by atoms with van der Waals surface area (Å²) in [5.74, 6) is 0.0167. The van der Waals surface area contributed by atoms with E-state index in [2.05, 4.69) is 0 Å². The van der Waals surface area contributed by atoms with Gasteiger partial charge in [0.05, 0.1) is 12.1 Å². The zero-order valence-electron chi connectivity index (χ0n) is 9.44. The number of likely N-dealkylation sites (N-methyl/N-ethyl adjacent to an activating group) is 1. The molecule has 1 aliphatic heterocycles. The van der Waals surface area contributed by atoms with E-state index in [0.29, 0.717) is 13.0 Å². The number of hydrogen-bond donors (Lipinski definition) is 1. The van der Waals surface area contributed by atoms with Crippen molar-refractivity contribution in [1.82, 2.24) is 4.90 Å². The normalized spacial score (nSPS) is 21.9. The van der Waals surface area contributed by atoms with Crippen molar-refractivity contribution < 1.29 is 9.53 Å². The summed E-state index contributed by atoms with van der Waals surface area (Å²) in [6, 6.07) is -0.360. The van der Waals surface area contributed by atoms with E-state index in [0.717, 1.165) is 19.4 Å². The molecule has 1 rings (SSSR count). The molecule has 1 amide bonds. The summed E-state index contributed by atoms with van der Waals surface area (Å²) in [5, 5.41) is 0. The molecular weight excluding hydrogens is 216 g/mol. The van der Waals surface area contributed by atoms with E-state index in [1.807, 2.05) is 6.92 Å². The first-order valence-corrected chi connectivity index (χ1v) is 5.27. The molecule has 1 fully saturated rings. The summed E-state index contributed by atoms with van der Waals surface area (Å²) in [7, 11) is 1.79. The van der Waals surface area contributed by atoms with Crippen molar-refractivity contribution in [3.05, 3.63) is 0 Å². The fourth-order valence-corrected chi connectivity index (χ4v) is 1.64. The van der Waals surface area contributed by atoms with E-state index in [1.165, 1.54) is 0 Å². The van der Waals surface area contributed by atoms with Gasteiger partial charge in [0.1, 0.15) is 0 Å². The second kappa shape index (κ2) is 7.04. The zero-order chi connectivity index (χ0) is 10.6. The molecule has 4 nitrogen and oxygen atoms in total. The van der Waals surface area contributed by atoms with Gasteiger partial charge in [0, 0.05) is 20.2 Å². The lowest BCUT2D eigenvalue weighted by atomic mass is 10.2. The largest absolute Gasteiger partial charge is 0.376 e. The molecule has 1 unspecified atom stereocenters. The highest BCUT2D eigenvalue weighted by Crippen LogP contribution is 2.13. The van der Waals surface area contributed by atoms with E-state index in [4.69, 9.17) is 10.5 Å². The maximum absolute atomic E-state index is 11.6. The van der Waals surface area contributed by atoms with Gasteiger partial charge in [0.15, 0.2) is 0 Å². The molecule has 0 aliphatic carbocycles. The highest BCUT2D eigenvalue weighted by molar-refractivity contribution is 5.85. The first-order chi connectivity index (χ1) is 6.65. The minimum absolute atomic E-state index is 0. The second-order valence-corrected chi connectivity index (χ2v) is 3.87. The third kappa shape index (κ3) is 4.36. The summed E-state index contributed by atoms with van der Waals surface area (Å²) < 4.78 is 5.45. The molecule has 15 heavy (non-hydrogen) atoms. The molecule has 0 saturated carbocycles. The number of amides is 1. The van der Waals surface area contributed by atoms with E-state index >= 15 is 0 Å². The van der Waals surface area contributed by atoms with Gasteiger partial charge in [-0.05, 0) is 19.3 Å². The van der Waals surface area contributed by atoms with Crippen molar-refractivity contribution in [3.63, 3.8) is 0 Å². The molecule has 0 aromatic heterocycles. The van der Waals surface area contributed by atoms with Crippen LogP contribution in [-0.2, 0) is 9.53 Å². The number of halogens is 1. The van der Waals surface area contributed by atoms with Crippen molar-refractivity contribution in [1.29, 1.82) is 0 Å². The Morgan fingerprint density at radius 2 is 2.33 bits per heavy atom.